The molecule has 0 amide bonds. The van der Waals surface area contributed by atoms with Crippen LogP contribution in [-0.2, 0) is 6.42 Å². The maximum absolute atomic E-state index is 4.73. The van der Waals surface area contributed by atoms with Crippen molar-refractivity contribution in [2.45, 2.75) is 34.1 Å². The number of aromatic nitrogens is 2. The van der Waals surface area contributed by atoms with Crippen LogP contribution >= 0.6 is 15.9 Å². The van der Waals surface area contributed by atoms with E-state index in [0.29, 0.717) is 5.92 Å². The minimum atomic E-state index is 0.578. The van der Waals surface area contributed by atoms with Crippen LogP contribution in [0.4, 0.5) is 5.82 Å². The van der Waals surface area contributed by atoms with Crippen molar-refractivity contribution in [3.63, 3.8) is 0 Å². The summed E-state index contributed by atoms with van der Waals surface area (Å²) < 4.78 is 1.11. The molecule has 0 aliphatic carbocycles. The van der Waals surface area contributed by atoms with E-state index >= 15 is 0 Å². The Morgan fingerprint density at radius 3 is 2.57 bits per heavy atom. The summed E-state index contributed by atoms with van der Waals surface area (Å²) in [7, 11) is 0. The van der Waals surface area contributed by atoms with Crippen molar-refractivity contribution in [2.24, 2.45) is 5.92 Å². The van der Waals surface area contributed by atoms with E-state index < -0.39 is 0 Å². The van der Waals surface area contributed by atoms with E-state index in [1.165, 1.54) is 5.56 Å². The third-order valence-electron chi connectivity index (χ3n) is 3.17. The van der Waals surface area contributed by atoms with Crippen molar-refractivity contribution in [3.05, 3.63) is 40.0 Å². The highest BCUT2D eigenvalue weighted by atomic mass is 79.9. The summed E-state index contributed by atoms with van der Waals surface area (Å²) in [4.78, 5) is 9.36. The summed E-state index contributed by atoms with van der Waals surface area (Å²) in [5.41, 5.74) is 3.34. The Balaban J connectivity index is 2.45. The van der Waals surface area contributed by atoms with Crippen LogP contribution in [0.2, 0.25) is 0 Å². The lowest BCUT2D eigenvalue weighted by Gasteiger charge is -2.11. The molecule has 0 unspecified atom stereocenters. The van der Waals surface area contributed by atoms with Gasteiger partial charge >= 0.3 is 0 Å². The van der Waals surface area contributed by atoms with Gasteiger partial charge in [0.25, 0.3) is 0 Å². The molecule has 1 aromatic heterocycles. The van der Waals surface area contributed by atoms with Gasteiger partial charge in [0.2, 0.25) is 0 Å². The topological polar surface area (TPSA) is 37.8 Å². The van der Waals surface area contributed by atoms with E-state index in [0.717, 1.165) is 40.3 Å². The van der Waals surface area contributed by atoms with Crippen LogP contribution in [0.25, 0.3) is 11.4 Å². The number of nitrogens with one attached hydrogen (secondary N) is 1. The lowest BCUT2D eigenvalue weighted by molar-refractivity contribution is 0.635. The van der Waals surface area contributed by atoms with E-state index in [1.54, 1.807) is 0 Å². The smallest absolute Gasteiger partial charge is 0.161 e. The first-order chi connectivity index (χ1) is 9.99. The summed E-state index contributed by atoms with van der Waals surface area (Å²) in [6.07, 6.45) is 0.962. The van der Waals surface area contributed by atoms with Crippen LogP contribution in [0.1, 0.15) is 32.0 Å². The van der Waals surface area contributed by atoms with Gasteiger partial charge in [0.05, 0.1) is 0 Å². The van der Waals surface area contributed by atoms with Gasteiger partial charge in [-0.05, 0) is 43.9 Å². The summed E-state index contributed by atoms with van der Waals surface area (Å²) in [5, 5.41) is 3.30. The quantitative estimate of drug-likeness (QED) is 0.840. The molecule has 2 aromatic rings. The molecule has 0 fully saturated rings. The van der Waals surface area contributed by atoms with Crippen molar-refractivity contribution in [1.82, 2.24) is 9.97 Å². The molecule has 112 valence electrons. The van der Waals surface area contributed by atoms with Gasteiger partial charge in [-0.2, -0.15) is 0 Å². The summed E-state index contributed by atoms with van der Waals surface area (Å²) in [5.74, 6) is 2.27. The molecule has 0 radical (unpaired) electrons. The van der Waals surface area contributed by atoms with E-state index in [4.69, 9.17) is 4.98 Å². The van der Waals surface area contributed by atoms with E-state index in [2.05, 4.69) is 78.2 Å². The first-order valence-corrected chi connectivity index (χ1v) is 8.17. The largest absolute Gasteiger partial charge is 0.370 e. The zero-order valence-electron chi connectivity index (χ0n) is 13.1. The highest BCUT2D eigenvalue weighted by Crippen LogP contribution is 2.24. The molecule has 21 heavy (non-hydrogen) atoms. The fraction of sp³-hybridized carbons (Fsp3) is 0.412. The number of rotatable bonds is 5. The number of halogens is 1. The fourth-order valence-corrected chi connectivity index (χ4v) is 2.45. The zero-order valence-corrected chi connectivity index (χ0v) is 14.7. The monoisotopic (exact) mass is 347 g/mol. The summed E-state index contributed by atoms with van der Waals surface area (Å²) in [6.45, 7) is 9.43. The number of hydrogen-bond donors (Lipinski definition) is 1. The average Bonchev–Trinajstić information content (AvgIpc) is 2.41. The first-order valence-electron chi connectivity index (χ1n) is 7.38. The molecule has 0 bridgehead atoms. The van der Waals surface area contributed by atoms with Crippen molar-refractivity contribution in [1.29, 1.82) is 0 Å². The number of nitrogens with zero attached hydrogens (tertiary/aromatic N) is 2. The standard InChI is InChI=1S/C17H22BrN3/c1-5-19-16-10-14(8-11(2)3)20-17(21-16)13-6-7-15(18)12(4)9-13/h6-7,9-11H,5,8H2,1-4H3,(H,19,20,21). The predicted octanol–water partition coefficient (Wildman–Crippen LogP) is 4.84. The van der Waals surface area contributed by atoms with E-state index in [1.807, 2.05) is 0 Å². The minimum absolute atomic E-state index is 0.578. The molecule has 4 heteroatoms. The van der Waals surface area contributed by atoms with Gasteiger partial charge in [0.15, 0.2) is 5.82 Å². The van der Waals surface area contributed by atoms with Crippen molar-refractivity contribution in [2.75, 3.05) is 11.9 Å². The molecule has 3 nitrogen and oxygen atoms in total. The van der Waals surface area contributed by atoms with Crippen LogP contribution in [-0.4, -0.2) is 16.5 Å². The van der Waals surface area contributed by atoms with Crippen molar-refractivity contribution < 1.29 is 0 Å². The van der Waals surface area contributed by atoms with Gasteiger partial charge in [-0.1, -0.05) is 35.8 Å². The van der Waals surface area contributed by atoms with E-state index in [9.17, 15) is 0 Å². The van der Waals surface area contributed by atoms with Crippen LogP contribution < -0.4 is 5.32 Å². The molecule has 0 saturated heterocycles. The predicted molar refractivity (Wildman–Crippen MR) is 92.6 cm³/mol. The van der Waals surface area contributed by atoms with Gasteiger partial charge in [-0.25, -0.2) is 9.97 Å². The van der Waals surface area contributed by atoms with Gasteiger partial charge in [-0.3, -0.25) is 0 Å². The number of anilines is 1. The molecule has 1 N–H and O–H groups in total. The number of aryl methyl sites for hydroxylation is 1. The van der Waals surface area contributed by atoms with Crippen LogP contribution in [0, 0.1) is 12.8 Å². The molecule has 1 aromatic carbocycles. The second kappa shape index (κ2) is 7.03. The number of hydrogen-bond acceptors (Lipinski definition) is 3. The molecule has 0 aliphatic heterocycles. The van der Waals surface area contributed by atoms with Crippen LogP contribution in [0.3, 0.4) is 0 Å². The van der Waals surface area contributed by atoms with Crippen LogP contribution in [0.5, 0.6) is 0 Å². The maximum Gasteiger partial charge on any atom is 0.161 e. The molecule has 1 heterocycles. The maximum atomic E-state index is 4.73. The lowest BCUT2D eigenvalue weighted by atomic mass is 10.1. The van der Waals surface area contributed by atoms with Crippen LogP contribution in [0.15, 0.2) is 28.7 Å². The molecular formula is C17H22BrN3. The number of benzene rings is 1. The van der Waals surface area contributed by atoms with Crippen molar-refractivity contribution >= 4 is 21.7 Å². The van der Waals surface area contributed by atoms with Gasteiger partial charge in [-0.15, -0.1) is 0 Å². The second-order valence-electron chi connectivity index (χ2n) is 5.66. The highest BCUT2D eigenvalue weighted by molar-refractivity contribution is 9.10. The second-order valence-corrected chi connectivity index (χ2v) is 6.51. The molecular weight excluding hydrogens is 326 g/mol. The normalized spacial score (nSPS) is 11.0. The third kappa shape index (κ3) is 4.27. The Bertz CT molecular complexity index is 623. The Morgan fingerprint density at radius 1 is 1.19 bits per heavy atom. The zero-order chi connectivity index (χ0) is 15.4. The Hall–Kier alpha value is -1.42. The molecule has 0 atom stereocenters. The molecule has 0 aliphatic rings. The van der Waals surface area contributed by atoms with Gasteiger partial charge in [0.1, 0.15) is 5.82 Å². The fourth-order valence-electron chi connectivity index (χ4n) is 2.20. The average molecular weight is 348 g/mol. The third-order valence-corrected chi connectivity index (χ3v) is 4.06. The minimum Gasteiger partial charge on any atom is -0.370 e. The lowest BCUT2D eigenvalue weighted by Crippen LogP contribution is -2.06. The summed E-state index contributed by atoms with van der Waals surface area (Å²) in [6, 6.07) is 8.28. The van der Waals surface area contributed by atoms with E-state index in [-0.39, 0.29) is 0 Å². The molecule has 0 spiro atoms. The van der Waals surface area contributed by atoms with Gasteiger partial charge in [0, 0.05) is 28.3 Å². The van der Waals surface area contributed by atoms with Gasteiger partial charge < -0.3 is 5.32 Å². The Kier molecular flexibility index (Phi) is 5.34. The molecule has 2 rings (SSSR count). The highest BCUT2D eigenvalue weighted by Gasteiger charge is 2.09. The Morgan fingerprint density at radius 2 is 1.95 bits per heavy atom. The summed E-state index contributed by atoms with van der Waals surface area (Å²) >= 11 is 3.54. The Labute approximate surface area is 135 Å². The van der Waals surface area contributed by atoms with Crippen molar-refractivity contribution in [3.8, 4) is 11.4 Å². The first kappa shape index (κ1) is 16.0. The molecule has 0 saturated carbocycles. The SMILES string of the molecule is CCNc1cc(CC(C)C)nc(-c2ccc(Br)c(C)c2)n1.